The zero-order valence-electron chi connectivity index (χ0n) is 11.9. The molecule has 102 valence electrons. The van der Waals surface area contributed by atoms with Crippen LogP contribution in [0.2, 0.25) is 0 Å². The largest absolute Gasteiger partial charge is 0.494 e. The third-order valence-electron chi connectivity index (χ3n) is 3.51. The molecule has 1 heterocycles. The fraction of sp³-hybridized carbons (Fsp3) is 0.438. The van der Waals surface area contributed by atoms with Gasteiger partial charge in [-0.05, 0) is 38.5 Å². The van der Waals surface area contributed by atoms with Crippen LogP contribution in [0, 0.1) is 6.92 Å². The lowest BCUT2D eigenvalue weighted by atomic mass is 10.1. The van der Waals surface area contributed by atoms with Gasteiger partial charge in [-0.2, -0.15) is 0 Å². The summed E-state index contributed by atoms with van der Waals surface area (Å²) in [6.07, 6.45) is 3.22. The second kappa shape index (κ2) is 5.91. The number of ether oxygens (including phenoxy) is 1. The van der Waals surface area contributed by atoms with Crippen molar-refractivity contribution in [3.8, 4) is 5.75 Å². The lowest BCUT2D eigenvalue weighted by molar-refractivity contribution is 0.112. The van der Waals surface area contributed by atoms with Crippen molar-refractivity contribution in [2.75, 3.05) is 6.61 Å². The number of hydrogen-bond donors (Lipinski definition) is 0. The molecule has 3 nitrogen and oxygen atoms in total. The van der Waals surface area contributed by atoms with Gasteiger partial charge >= 0.3 is 0 Å². The number of benzene rings is 1. The van der Waals surface area contributed by atoms with Gasteiger partial charge in [-0.25, -0.2) is 0 Å². The van der Waals surface area contributed by atoms with E-state index in [-0.39, 0.29) is 0 Å². The number of unbranched alkanes of at least 4 members (excludes halogenated alkanes) is 1. The highest BCUT2D eigenvalue weighted by Crippen LogP contribution is 2.28. The van der Waals surface area contributed by atoms with Gasteiger partial charge in [0.05, 0.1) is 6.61 Å². The maximum Gasteiger partial charge on any atom is 0.152 e. The Hall–Kier alpha value is -1.77. The van der Waals surface area contributed by atoms with Gasteiger partial charge in [-0.15, -0.1) is 0 Å². The summed E-state index contributed by atoms with van der Waals surface area (Å²) in [5.41, 5.74) is 2.95. The van der Waals surface area contributed by atoms with Gasteiger partial charge < -0.3 is 9.30 Å². The first-order valence-electron chi connectivity index (χ1n) is 6.93. The van der Waals surface area contributed by atoms with E-state index >= 15 is 0 Å². The summed E-state index contributed by atoms with van der Waals surface area (Å²) in [7, 11) is 0. The van der Waals surface area contributed by atoms with Crippen LogP contribution in [0.1, 0.15) is 42.7 Å². The Morgan fingerprint density at radius 1 is 1.32 bits per heavy atom. The van der Waals surface area contributed by atoms with Crippen LogP contribution < -0.4 is 4.74 Å². The molecule has 0 saturated carbocycles. The molecule has 0 bridgehead atoms. The summed E-state index contributed by atoms with van der Waals surface area (Å²) in [6.45, 7) is 7.75. The average molecular weight is 259 g/mol. The number of nitrogens with zero attached hydrogens (tertiary/aromatic N) is 1. The summed E-state index contributed by atoms with van der Waals surface area (Å²) in [5, 5.41) is 0.995. The van der Waals surface area contributed by atoms with Crippen molar-refractivity contribution in [3.63, 3.8) is 0 Å². The van der Waals surface area contributed by atoms with Crippen LogP contribution in [0.15, 0.2) is 18.2 Å². The molecule has 0 fully saturated rings. The minimum atomic E-state index is 0.636. The van der Waals surface area contributed by atoms with Crippen LogP contribution in [-0.2, 0) is 6.54 Å². The van der Waals surface area contributed by atoms with Gasteiger partial charge in [0, 0.05) is 28.7 Å². The lowest BCUT2D eigenvalue weighted by Crippen LogP contribution is -2.00. The molecule has 0 atom stereocenters. The Kier molecular flexibility index (Phi) is 4.25. The lowest BCUT2D eigenvalue weighted by Gasteiger charge is -2.08. The predicted octanol–water partition coefficient (Wildman–Crippen LogP) is 3.96. The van der Waals surface area contributed by atoms with E-state index in [1.54, 1.807) is 0 Å². The molecular weight excluding hydrogens is 238 g/mol. The molecule has 1 aromatic heterocycles. The van der Waals surface area contributed by atoms with Crippen molar-refractivity contribution >= 4 is 17.2 Å². The maximum absolute atomic E-state index is 11.3. The molecule has 0 aliphatic heterocycles. The van der Waals surface area contributed by atoms with E-state index in [2.05, 4.69) is 17.6 Å². The molecule has 0 amide bonds. The second-order valence-electron chi connectivity index (χ2n) is 4.73. The Labute approximate surface area is 114 Å². The summed E-state index contributed by atoms with van der Waals surface area (Å²) in [5.74, 6) is 0.825. The molecule has 0 aliphatic rings. The Morgan fingerprint density at radius 2 is 2.11 bits per heavy atom. The van der Waals surface area contributed by atoms with Crippen LogP contribution in [0.5, 0.6) is 5.75 Å². The number of aromatic nitrogens is 1. The highest BCUT2D eigenvalue weighted by atomic mass is 16.5. The molecule has 2 aromatic rings. The number of rotatable bonds is 6. The fourth-order valence-corrected chi connectivity index (χ4v) is 2.50. The molecular formula is C16H21NO2. The van der Waals surface area contributed by atoms with Crippen LogP contribution in [0.4, 0.5) is 0 Å². The van der Waals surface area contributed by atoms with E-state index in [1.807, 2.05) is 26.0 Å². The quantitative estimate of drug-likeness (QED) is 0.735. The molecule has 0 unspecified atom stereocenters. The SMILES string of the molecule is CCCCn1c(C)c(C=O)c2cc(OCC)ccc21. The van der Waals surface area contributed by atoms with E-state index in [1.165, 1.54) is 0 Å². The smallest absolute Gasteiger partial charge is 0.152 e. The topological polar surface area (TPSA) is 31.2 Å². The van der Waals surface area contributed by atoms with E-state index in [0.29, 0.717) is 6.61 Å². The minimum Gasteiger partial charge on any atom is -0.494 e. The summed E-state index contributed by atoms with van der Waals surface area (Å²) < 4.78 is 7.75. The standard InChI is InChI=1S/C16H21NO2/c1-4-6-9-17-12(3)15(11-18)14-10-13(19-5-2)7-8-16(14)17/h7-8,10-11H,4-6,9H2,1-3H3. The van der Waals surface area contributed by atoms with E-state index in [0.717, 1.165) is 53.6 Å². The molecule has 0 radical (unpaired) electrons. The third-order valence-corrected chi connectivity index (χ3v) is 3.51. The van der Waals surface area contributed by atoms with Crippen LogP contribution in [0.25, 0.3) is 10.9 Å². The highest BCUT2D eigenvalue weighted by Gasteiger charge is 2.13. The number of aryl methyl sites for hydroxylation is 1. The van der Waals surface area contributed by atoms with Crippen LogP contribution >= 0.6 is 0 Å². The van der Waals surface area contributed by atoms with E-state index in [9.17, 15) is 4.79 Å². The first-order chi connectivity index (χ1) is 9.22. The molecule has 19 heavy (non-hydrogen) atoms. The van der Waals surface area contributed by atoms with Gasteiger partial charge in [0.2, 0.25) is 0 Å². The second-order valence-corrected chi connectivity index (χ2v) is 4.73. The van der Waals surface area contributed by atoms with Crippen LogP contribution in [0.3, 0.4) is 0 Å². The summed E-state index contributed by atoms with van der Waals surface area (Å²) in [4.78, 5) is 11.3. The Bertz CT molecular complexity index is 584. The van der Waals surface area contributed by atoms with E-state index in [4.69, 9.17) is 4.74 Å². The van der Waals surface area contributed by atoms with Crippen LogP contribution in [-0.4, -0.2) is 17.5 Å². The van der Waals surface area contributed by atoms with Crippen molar-refractivity contribution in [2.45, 2.75) is 40.2 Å². The number of carbonyl (C=O) groups is 1. The van der Waals surface area contributed by atoms with Gasteiger partial charge in [0.1, 0.15) is 5.75 Å². The van der Waals surface area contributed by atoms with Crippen molar-refractivity contribution in [2.24, 2.45) is 0 Å². The normalized spacial score (nSPS) is 10.9. The zero-order valence-corrected chi connectivity index (χ0v) is 11.9. The molecule has 0 saturated heterocycles. The summed E-state index contributed by atoms with van der Waals surface area (Å²) >= 11 is 0. The van der Waals surface area contributed by atoms with Gasteiger partial charge in [0.25, 0.3) is 0 Å². The molecule has 0 N–H and O–H groups in total. The van der Waals surface area contributed by atoms with Crippen molar-refractivity contribution in [1.82, 2.24) is 4.57 Å². The maximum atomic E-state index is 11.3. The molecule has 0 aliphatic carbocycles. The monoisotopic (exact) mass is 259 g/mol. The average Bonchev–Trinajstić information content (AvgIpc) is 2.68. The third kappa shape index (κ3) is 2.50. The van der Waals surface area contributed by atoms with Gasteiger partial charge in [-0.3, -0.25) is 4.79 Å². The molecule has 1 aromatic carbocycles. The first-order valence-corrected chi connectivity index (χ1v) is 6.93. The number of hydrogen-bond acceptors (Lipinski definition) is 2. The highest BCUT2D eigenvalue weighted by molar-refractivity contribution is 6.00. The first kappa shape index (κ1) is 13.7. The number of fused-ring (bicyclic) bond motifs is 1. The zero-order chi connectivity index (χ0) is 13.8. The number of aldehydes is 1. The Balaban J connectivity index is 2.57. The fourth-order valence-electron chi connectivity index (χ4n) is 2.50. The molecule has 2 rings (SSSR count). The van der Waals surface area contributed by atoms with E-state index < -0.39 is 0 Å². The molecule has 0 spiro atoms. The van der Waals surface area contributed by atoms with Gasteiger partial charge in [-0.1, -0.05) is 13.3 Å². The predicted molar refractivity (Wildman–Crippen MR) is 78.1 cm³/mol. The van der Waals surface area contributed by atoms with Gasteiger partial charge in [0.15, 0.2) is 6.29 Å². The number of carbonyl (C=O) groups excluding carboxylic acids is 1. The minimum absolute atomic E-state index is 0.636. The van der Waals surface area contributed by atoms with Crippen molar-refractivity contribution < 1.29 is 9.53 Å². The van der Waals surface area contributed by atoms with Crippen molar-refractivity contribution in [1.29, 1.82) is 0 Å². The van der Waals surface area contributed by atoms with Crippen molar-refractivity contribution in [3.05, 3.63) is 29.5 Å². The summed E-state index contributed by atoms with van der Waals surface area (Å²) in [6, 6.07) is 6.00. The Morgan fingerprint density at radius 3 is 2.74 bits per heavy atom. The molecule has 3 heteroatoms.